The van der Waals surface area contributed by atoms with Crippen molar-refractivity contribution in [1.82, 2.24) is 9.80 Å². The molecule has 2 fully saturated rings. The van der Waals surface area contributed by atoms with Crippen LogP contribution in [0.1, 0.15) is 69.1 Å². The summed E-state index contributed by atoms with van der Waals surface area (Å²) in [5.41, 5.74) is 1.78. The van der Waals surface area contributed by atoms with Crippen molar-refractivity contribution in [1.29, 1.82) is 0 Å². The van der Waals surface area contributed by atoms with E-state index in [0.29, 0.717) is 11.1 Å². The van der Waals surface area contributed by atoms with Gasteiger partial charge in [-0.25, -0.2) is 0 Å². The van der Waals surface area contributed by atoms with E-state index < -0.39 is 75.5 Å². The third kappa shape index (κ3) is 4.51. The Bertz CT molecular complexity index is 1440. The Labute approximate surface area is 251 Å². The van der Waals surface area contributed by atoms with Gasteiger partial charge in [0.2, 0.25) is 5.78 Å². The molecular formula is C32H43N3O8. The predicted molar refractivity (Wildman–Crippen MR) is 158 cm³/mol. The molecule has 6 unspecified atom stereocenters. The molecule has 0 radical (unpaired) electrons. The number of likely N-dealkylation sites (N-methyl/N-ethyl adjacent to an activating group) is 1. The van der Waals surface area contributed by atoms with Crippen molar-refractivity contribution in [3.05, 3.63) is 45.7 Å². The SMILES string of the molecule is CC1c2ccc(C(C)(C)CCCN3CCCC3)c(O)c2C(O)=C2C(=O)C3(O)C(O)=C(C(N)=O)C(=O)C(N(C)C)C3C(O)C21. The van der Waals surface area contributed by atoms with E-state index in [0.717, 1.165) is 32.5 Å². The number of hydrogen-bond acceptors (Lipinski definition) is 10. The highest BCUT2D eigenvalue weighted by atomic mass is 16.4. The van der Waals surface area contributed by atoms with Gasteiger partial charge in [-0.3, -0.25) is 19.3 Å². The lowest BCUT2D eigenvalue weighted by Crippen LogP contribution is -2.70. The van der Waals surface area contributed by atoms with Crippen molar-refractivity contribution in [2.45, 2.75) is 75.5 Å². The van der Waals surface area contributed by atoms with Gasteiger partial charge in [-0.05, 0) is 76.3 Å². The first-order chi connectivity index (χ1) is 20.1. The first kappa shape index (κ1) is 31.2. The minimum absolute atomic E-state index is 0.0288. The Morgan fingerprint density at radius 1 is 1.14 bits per heavy atom. The lowest BCUT2D eigenvalue weighted by atomic mass is 9.54. The molecule has 0 aromatic heterocycles. The highest BCUT2D eigenvalue weighted by Crippen LogP contribution is 2.57. The summed E-state index contributed by atoms with van der Waals surface area (Å²) in [4.78, 5) is 43.5. The fourth-order valence-corrected chi connectivity index (χ4v) is 8.05. The minimum Gasteiger partial charge on any atom is -0.508 e. The van der Waals surface area contributed by atoms with E-state index in [4.69, 9.17) is 5.73 Å². The second-order valence-corrected chi connectivity index (χ2v) is 13.5. The summed E-state index contributed by atoms with van der Waals surface area (Å²) < 4.78 is 0. The fraction of sp³-hybridized carbons (Fsp3) is 0.594. The largest absolute Gasteiger partial charge is 0.508 e. The maximum atomic E-state index is 14.2. The van der Waals surface area contributed by atoms with Crippen LogP contribution in [0.15, 0.2) is 29.0 Å². The van der Waals surface area contributed by atoms with Crippen LogP contribution in [0.25, 0.3) is 5.76 Å². The summed E-state index contributed by atoms with van der Waals surface area (Å²) in [6.07, 6.45) is 2.47. The van der Waals surface area contributed by atoms with Gasteiger partial charge in [0.1, 0.15) is 22.8 Å². The number of carbonyl (C=O) groups is 3. The molecule has 1 saturated heterocycles. The van der Waals surface area contributed by atoms with Gasteiger partial charge in [-0.1, -0.05) is 32.9 Å². The number of fused-ring (bicyclic) bond motifs is 3. The summed E-state index contributed by atoms with van der Waals surface area (Å²) in [6, 6.07) is 2.21. The van der Waals surface area contributed by atoms with E-state index in [9.17, 15) is 39.9 Å². The average Bonchev–Trinajstić information content (AvgIpc) is 3.43. The fourth-order valence-electron chi connectivity index (χ4n) is 8.05. The standard InChI is InChI=1S/C32H43N3O8/c1-15-16-9-10-17(31(2,3)11-8-14-35-12-6-7-13-35)24(36)19(16)25(37)20-18(15)26(38)22-23(34(4)5)27(39)21(30(33)42)29(41)32(22,43)28(20)40/h9-10,15,18,22-23,26,36-38,41,43H,6-8,11-14H2,1-5H3,(H2,33,42). The molecule has 5 rings (SSSR count). The smallest absolute Gasteiger partial charge is 0.255 e. The number of hydrogen-bond donors (Lipinski definition) is 6. The van der Waals surface area contributed by atoms with Gasteiger partial charge in [0.25, 0.3) is 5.91 Å². The van der Waals surface area contributed by atoms with Crippen molar-refractivity contribution >= 4 is 23.2 Å². The van der Waals surface area contributed by atoms with Crippen molar-refractivity contribution in [3.8, 4) is 5.75 Å². The number of Topliss-reactive ketones (excluding diaryl/α,β-unsaturated/α-hetero) is 2. The lowest BCUT2D eigenvalue weighted by molar-refractivity contribution is -0.169. The van der Waals surface area contributed by atoms with Crippen molar-refractivity contribution in [3.63, 3.8) is 0 Å². The van der Waals surface area contributed by atoms with E-state index in [-0.39, 0.29) is 16.9 Å². The number of primary amides is 1. The second-order valence-electron chi connectivity index (χ2n) is 13.5. The number of phenols is 1. The summed E-state index contributed by atoms with van der Waals surface area (Å²) in [7, 11) is 2.96. The molecule has 6 atom stereocenters. The van der Waals surface area contributed by atoms with Crippen LogP contribution < -0.4 is 5.73 Å². The Kier molecular flexibility index (Phi) is 7.78. The number of aromatic hydroxyl groups is 1. The van der Waals surface area contributed by atoms with Crippen molar-refractivity contribution in [2.24, 2.45) is 17.6 Å². The van der Waals surface area contributed by atoms with Crippen LogP contribution in [-0.4, -0.2) is 104 Å². The number of likely N-dealkylation sites (tertiary alicyclic amines) is 1. The number of amides is 1. The molecule has 1 aliphatic heterocycles. The van der Waals surface area contributed by atoms with Crippen molar-refractivity contribution < 1.29 is 39.9 Å². The van der Waals surface area contributed by atoms with E-state index in [2.05, 4.69) is 4.90 Å². The Morgan fingerprint density at radius 3 is 2.35 bits per heavy atom. The maximum Gasteiger partial charge on any atom is 0.255 e. The molecule has 234 valence electrons. The van der Waals surface area contributed by atoms with Crippen LogP contribution >= 0.6 is 0 Å². The first-order valence-corrected chi connectivity index (χ1v) is 15.0. The molecule has 4 aliphatic rings. The number of aliphatic hydroxyl groups excluding tert-OH is 3. The van der Waals surface area contributed by atoms with Crippen molar-refractivity contribution in [2.75, 3.05) is 33.7 Å². The summed E-state index contributed by atoms with van der Waals surface area (Å²) in [5.74, 6) is -8.76. The quantitative estimate of drug-likeness (QED) is 0.253. The molecule has 1 aromatic carbocycles. The third-order valence-electron chi connectivity index (χ3n) is 10.3. The molecule has 11 nitrogen and oxygen atoms in total. The molecule has 1 heterocycles. The summed E-state index contributed by atoms with van der Waals surface area (Å²) in [6.45, 7) is 8.89. The van der Waals surface area contributed by atoms with Crippen LogP contribution in [0, 0.1) is 11.8 Å². The van der Waals surface area contributed by atoms with Gasteiger partial charge in [0.15, 0.2) is 11.4 Å². The molecule has 1 amide bonds. The van der Waals surface area contributed by atoms with E-state index in [1.165, 1.54) is 31.8 Å². The van der Waals surface area contributed by atoms with Gasteiger partial charge in [0, 0.05) is 17.1 Å². The number of aliphatic hydroxyl groups is 4. The number of ketones is 2. The zero-order valence-electron chi connectivity index (χ0n) is 25.4. The number of phenolic OH excluding ortho intramolecular Hbond substituents is 1. The lowest BCUT2D eigenvalue weighted by Gasteiger charge is -2.53. The molecule has 7 N–H and O–H groups in total. The number of carbonyl (C=O) groups excluding carboxylic acids is 3. The van der Waals surface area contributed by atoms with E-state index in [1.54, 1.807) is 13.0 Å². The summed E-state index contributed by atoms with van der Waals surface area (Å²) in [5, 5.41) is 58.0. The molecule has 43 heavy (non-hydrogen) atoms. The molecule has 0 bridgehead atoms. The predicted octanol–water partition coefficient (Wildman–Crippen LogP) is 1.65. The van der Waals surface area contributed by atoms with E-state index in [1.807, 2.05) is 19.9 Å². The van der Waals surface area contributed by atoms with Gasteiger partial charge < -0.3 is 36.2 Å². The van der Waals surface area contributed by atoms with Gasteiger partial charge >= 0.3 is 0 Å². The van der Waals surface area contributed by atoms with Crippen LogP contribution in [-0.2, 0) is 19.8 Å². The number of nitrogens with two attached hydrogens (primary N) is 1. The Hall–Kier alpha value is -3.25. The molecule has 1 aromatic rings. The van der Waals surface area contributed by atoms with Gasteiger partial charge in [-0.2, -0.15) is 0 Å². The molecule has 11 heteroatoms. The minimum atomic E-state index is -2.92. The van der Waals surface area contributed by atoms with Crippen LogP contribution in [0.5, 0.6) is 5.75 Å². The van der Waals surface area contributed by atoms with Gasteiger partial charge in [0.05, 0.1) is 23.6 Å². The molecule has 3 aliphatic carbocycles. The number of rotatable bonds is 7. The molecule has 0 spiro atoms. The highest BCUT2D eigenvalue weighted by molar-refractivity contribution is 6.24. The highest BCUT2D eigenvalue weighted by Gasteiger charge is 2.68. The first-order valence-electron chi connectivity index (χ1n) is 15.0. The van der Waals surface area contributed by atoms with Crippen LogP contribution in [0.3, 0.4) is 0 Å². The Balaban J connectivity index is 1.62. The zero-order valence-corrected chi connectivity index (χ0v) is 25.4. The maximum absolute atomic E-state index is 14.2. The number of benzene rings is 1. The summed E-state index contributed by atoms with van der Waals surface area (Å²) >= 11 is 0. The average molecular weight is 598 g/mol. The molecule has 1 saturated carbocycles. The van der Waals surface area contributed by atoms with Crippen LogP contribution in [0.4, 0.5) is 0 Å². The topological polar surface area (TPSA) is 185 Å². The third-order valence-corrected chi connectivity index (χ3v) is 10.3. The van der Waals surface area contributed by atoms with Crippen LogP contribution in [0.2, 0.25) is 0 Å². The molecular weight excluding hydrogens is 554 g/mol. The normalized spacial score (nSPS) is 31.4. The second kappa shape index (κ2) is 10.7. The van der Waals surface area contributed by atoms with E-state index >= 15 is 0 Å². The monoisotopic (exact) mass is 597 g/mol. The van der Waals surface area contributed by atoms with Gasteiger partial charge in [-0.15, -0.1) is 0 Å². The number of nitrogens with zero attached hydrogens (tertiary/aromatic N) is 2. The Morgan fingerprint density at radius 2 is 1.77 bits per heavy atom. The zero-order chi connectivity index (χ0) is 31.8.